The highest BCUT2D eigenvalue weighted by atomic mass is 79.9. The van der Waals surface area contributed by atoms with E-state index in [1.54, 1.807) is 12.3 Å². The lowest BCUT2D eigenvalue weighted by Crippen LogP contribution is -2.30. The van der Waals surface area contributed by atoms with Crippen LogP contribution >= 0.6 is 15.9 Å². The van der Waals surface area contributed by atoms with Crippen molar-refractivity contribution in [2.24, 2.45) is 5.92 Å². The number of pyridine rings is 1. The molecule has 1 aromatic heterocycles. The van der Waals surface area contributed by atoms with Crippen LogP contribution in [0.15, 0.2) is 22.9 Å². The Bertz CT molecular complexity index is 449. The first kappa shape index (κ1) is 15.6. The molecular formula is C13H17BrN2O3. The van der Waals surface area contributed by atoms with Gasteiger partial charge in [0.25, 0.3) is 5.91 Å². The molecule has 6 heteroatoms. The molecule has 1 heterocycles. The lowest BCUT2D eigenvalue weighted by Gasteiger charge is -2.08. The lowest BCUT2D eigenvalue weighted by atomic mass is 10.1. The Labute approximate surface area is 120 Å². The van der Waals surface area contributed by atoms with Crippen LogP contribution in [0.4, 0.5) is 0 Å². The van der Waals surface area contributed by atoms with Gasteiger partial charge in [0, 0.05) is 23.4 Å². The summed E-state index contributed by atoms with van der Waals surface area (Å²) in [6.45, 7) is 4.47. The molecule has 0 atom stereocenters. The fraction of sp³-hybridized carbons (Fsp3) is 0.462. The van der Waals surface area contributed by atoms with Crippen LogP contribution in [0.25, 0.3) is 0 Å². The Kier molecular flexibility index (Phi) is 6.49. The Morgan fingerprint density at radius 2 is 2.16 bits per heavy atom. The summed E-state index contributed by atoms with van der Waals surface area (Å²) in [5.41, 5.74) is 0.310. The smallest absolute Gasteiger partial charge is 0.340 e. The quantitative estimate of drug-likeness (QED) is 0.812. The number of ether oxygens (including phenoxy) is 1. The van der Waals surface area contributed by atoms with Crippen LogP contribution in [0.2, 0.25) is 0 Å². The standard InChI is InChI=1S/C13H17BrN2O3/c1-9(2)3-4-16-12(17)8-19-13(18)10-5-11(14)7-15-6-10/h5-7,9H,3-4,8H2,1-2H3,(H,16,17). The van der Waals surface area contributed by atoms with Crippen LogP contribution in [0.5, 0.6) is 0 Å². The van der Waals surface area contributed by atoms with E-state index >= 15 is 0 Å². The largest absolute Gasteiger partial charge is 0.452 e. The molecule has 1 rings (SSSR count). The molecule has 0 spiro atoms. The van der Waals surface area contributed by atoms with Gasteiger partial charge in [-0.1, -0.05) is 13.8 Å². The van der Waals surface area contributed by atoms with Crippen molar-refractivity contribution in [2.45, 2.75) is 20.3 Å². The molecule has 0 aliphatic heterocycles. The van der Waals surface area contributed by atoms with Crippen molar-refractivity contribution < 1.29 is 14.3 Å². The second-order valence-electron chi connectivity index (χ2n) is 4.50. The maximum atomic E-state index is 11.6. The highest BCUT2D eigenvalue weighted by Crippen LogP contribution is 2.10. The van der Waals surface area contributed by atoms with Gasteiger partial charge in [0.1, 0.15) is 0 Å². The number of nitrogens with zero attached hydrogens (tertiary/aromatic N) is 1. The Balaban J connectivity index is 2.32. The second kappa shape index (κ2) is 7.89. The summed E-state index contributed by atoms with van der Waals surface area (Å²) in [6, 6.07) is 1.59. The fourth-order valence-corrected chi connectivity index (χ4v) is 1.65. The van der Waals surface area contributed by atoms with Crippen molar-refractivity contribution in [3.63, 3.8) is 0 Å². The summed E-state index contributed by atoms with van der Waals surface area (Å²) in [5.74, 6) is -0.333. The number of nitrogens with one attached hydrogen (secondary N) is 1. The van der Waals surface area contributed by atoms with Gasteiger partial charge in [-0.3, -0.25) is 9.78 Å². The third-order valence-electron chi connectivity index (χ3n) is 2.32. The molecule has 0 fully saturated rings. The summed E-state index contributed by atoms with van der Waals surface area (Å²) < 4.78 is 5.57. The SMILES string of the molecule is CC(C)CCNC(=O)COC(=O)c1cncc(Br)c1. The third kappa shape index (κ3) is 6.33. The predicted octanol–water partition coefficient (Wildman–Crippen LogP) is 2.16. The van der Waals surface area contributed by atoms with Gasteiger partial charge in [-0.25, -0.2) is 4.79 Å². The van der Waals surface area contributed by atoms with Crippen molar-refractivity contribution in [3.8, 4) is 0 Å². The molecule has 1 N–H and O–H groups in total. The molecule has 0 saturated heterocycles. The van der Waals surface area contributed by atoms with Crippen LogP contribution in [-0.4, -0.2) is 30.0 Å². The maximum Gasteiger partial charge on any atom is 0.340 e. The van der Waals surface area contributed by atoms with E-state index in [1.807, 2.05) is 0 Å². The predicted molar refractivity (Wildman–Crippen MR) is 74.7 cm³/mol. The highest BCUT2D eigenvalue weighted by molar-refractivity contribution is 9.10. The first-order chi connectivity index (χ1) is 8.99. The van der Waals surface area contributed by atoms with Crippen LogP contribution in [0.3, 0.4) is 0 Å². The molecule has 0 aliphatic carbocycles. The maximum absolute atomic E-state index is 11.6. The number of halogens is 1. The van der Waals surface area contributed by atoms with Crippen molar-refractivity contribution >= 4 is 27.8 Å². The average Bonchev–Trinajstić information content (AvgIpc) is 2.35. The fourth-order valence-electron chi connectivity index (χ4n) is 1.29. The van der Waals surface area contributed by atoms with Gasteiger partial charge in [0.15, 0.2) is 6.61 Å². The zero-order valence-electron chi connectivity index (χ0n) is 11.0. The number of carbonyl (C=O) groups is 2. The number of aromatic nitrogens is 1. The van der Waals surface area contributed by atoms with Gasteiger partial charge in [-0.2, -0.15) is 0 Å². The van der Waals surface area contributed by atoms with Crippen molar-refractivity contribution in [1.82, 2.24) is 10.3 Å². The minimum atomic E-state index is -0.562. The minimum absolute atomic E-state index is 0.274. The average molecular weight is 329 g/mol. The number of rotatable bonds is 6. The Morgan fingerprint density at radius 3 is 2.79 bits per heavy atom. The molecule has 0 bridgehead atoms. The van der Waals surface area contributed by atoms with E-state index in [9.17, 15) is 9.59 Å². The molecule has 0 aliphatic rings. The van der Waals surface area contributed by atoms with Crippen LogP contribution < -0.4 is 5.32 Å². The van der Waals surface area contributed by atoms with E-state index in [0.717, 1.165) is 6.42 Å². The molecule has 1 aromatic rings. The first-order valence-electron chi connectivity index (χ1n) is 6.03. The van der Waals surface area contributed by atoms with Crippen molar-refractivity contribution in [2.75, 3.05) is 13.2 Å². The van der Waals surface area contributed by atoms with Gasteiger partial charge >= 0.3 is 5.97 Å². The van der Waals surface area contributed by atoms with Gasteiger partial charge in [0.05, 0.1) is 5.56 Å². The lowest BCUT2D eigenvalue weighted by molar-refractivity contribution is -0.124. The van der Waals surface area contributed by atoms with Crippen LogP contribution in [0, 0.1) is 5.92 Å². The highest BCUT2D eigenvalue weighted by Gasteiger charge is 2.10. The molecular weight excluding hydrogens is 312 g/mol. The van der Waals surface area contributed by atoms with Crippen LogP contribution in [0.1, 0.15) is 30.6 Å². The number of amides is 1. The number of esters is 1. The van der Waals surface area contributed by atoms with Crippen LogP contribution in [-0.2, 0) is 9.53 Å². The van der Waals surface area contributed by atoms with E-state index in [-0.39, 0.29) is 12.5 Å². The molecule has 0 saturated carbocycles. The summed E-state index contributed by atoms with van der Waals surface area (Å²) in [7, 11) is 0. The van der Waals surface area contributed by atoms with Gasteiger partial charge in [-0.15, -0.1) is 0 Å². The molecule has 104 valence electrons. The summed E-state index contributed by atoms with van der Waals surface area (Å²) in [6.07, 6.45) is 3.86. The van der Waals surface area contributed by atoms with Gasteiger partial charge in [-0.05, 0) is 34.3 Å². The monoisotopic (exact) mass is 328 g/mol. The molecule has 0 aromatic carbocycles. The molecule has 0 radical (unpaired) electrons. The second-order valence-corrected chi connectivity index (χ2v) is 5.42. The van der Waals surface area contributed by atoms with E-state index in [2.05, 4.69) is 40.1 Å². The molecule has 1 amide bonds. The Hall–Kier alpha value is -1.43. The number of hydrogen-bond donors (Lipinski definition) is 1. The minimum Gasteiger partial charge on any atom is -0.452 e. The van der Waals surface area contributed by atoms with E-state index in [0.29, 0.717) is 22.5 Å². The Morgan fingerprint density at radius 1 is 1.42 bits per heavy atom. The molecule has 5 nitrogen and oxygen atoms in total. The number of hydrogen-bond acceptors (Lipinski definition) is 4. The molecule has 0 unspecified atom stereocenters. The first-order valence-corrected chi connectivity index (χ1v) is 6.82. The van der Waals surface area contributed by atoms with E-state index in [1.165, 1.54) is 6.20 Å². The van der Waals surface area contributed by atoms with E-state index in [4.69, 9.17) is 4.74 Å². The molecule has 19 heavy (non-hydrogen) atoms. The normalized spacial score (nSPS) is 10.3. The summed E-state index contributed by atoms with van der Waals surface area (Å²) in [5, 5.41) is 2.69. The van der Waals surface area contributed by atoms with E-state index < -0.39 is 5.97 Å². The zero-order chi connectivity index (χ0) is 14.3. The van der Waals surface area contributed by atoms with Crippen molar-refractivity contribution in [3.05, 3.63) is 28.5 Å². The van der Waals surface area contributed by atoms with Gasteiger partial charge < -0.3 is 10.1 Å². The summed E-state index contributed by atoms with van der Waals surface area (Å²) >= 11 is 3.21. The third-order valence-corrected chi connectivity index (χ3v) is 2.75. The van der Waals surface area contributed by atoms with Crippen molar-refractivity contribution in [1.29, 1.82) is 0 Å². The topological polar surface area (TPSA) is 68.3 Å². The van der Waals surface area contributed by atoms with Gasteiger partial charge in [0.2, 0.25) is 0 Å². The summed E-state index contributed by atoms with van der Waals surface area (Å²) in [4.78, 5) is 26.9. The zero-order valence-corrected chi connectivity index (χ0v) is 12.6. The number of carbonyl (C=O) groups excluding carboxylic acids is 2.